The highest BCUT2D eigenvalue weighted by atomic mass is 32.2. The minimum absolute atomic E-state index is 0.0103. The van der Waals surface area contributed by atoms with Gasteiger partial charge in [0.1, 0.15) is 0 Å². The summed E-state index contributed by atoms with van der Waals surface area (Å²) < 4.78 is 27.8. The fraction of sp³-hybridized carbons (Fsp3) is 0.250. The summed E-state index contributed by atoms with van der Waals surface area (Å²) in [6, 6.07) is 22.3. The van der Waals surface area contributed by atoms with Crippen LogP contribution in [0.25, 0.3) is 11.1 Å². The first-order chi connectivity index (χ1) is 17.8. The molecule has 1 saturated heterocycles. The number of rotatable bonds is 6. The number of nitrogen functional groups attached to an aromatic ring is 1. The molecule has 8 nitrogen and oxygen atoms in total. The number of nitrogens with zero attached hydrogens (tertiary/aromatic N) is 3. The molecule has 0 atom stereocenters. The monoisotopic (exact) mass is 517 g/mol. The van der Waals surface area contributed by atoms with E-state index in [2.05, 4.69) is 46.4 Å². The summed E-state index contributed by atoms with van der Waals surface area (Å²) in [5.41, 5.74) is 10.4. The molecule has 2 aliphatic heterocycles. The normalized spacial score (nSPS) is 17.0. The van der Waals surface area contributed by atoms with Gasteiger partial charge in [-0.05, 0) is 54.6 Å². The Balaban J connectivity index is 1.23. The SMILES string of the molecule is CN1CCN(c2ccc(-c3ccc(S(=O)(=O)N4CC=C(C(=O)Nc5ccccc5N)C4)cc3)cc2)CC1. The van der Waals surface area contributed by atoms with E-state index in [1.165, 1.54) is 9.99 Å². The third kappa shape index (κ3) is 5.39. The number of benzene rings is 3. The van der Waals surface area contributed by atoms with Gasteiger partial charge in [-0.3, -0.25) is 4.79 Å². The zero-order valence-corrected chi connectivity index (χ0v) is 21.6. The lowest BCUT2D eigenvalue weighted by Crippen LogP contribution is -2.44. The number of amides is 1. The van der Waals surface area contributed by atoms with Gasteiger partial charge in [0.05, 0.1) is 16.3 Å². The van der Waals surface area contributed by atoms with E-state index in [1.54, 1.807) is 42.5 Å². The van der Waals surface area contributed by atoms with E-state index in [0.29, 0.717) is 16.9 Å². The summed E-state index contributed by atoms with van der Waals surface area (Å²) in [4.78, 5) is 17.6. The zero-order valence-electron chi connectivity index (χ0n) is 20.8. The van der Waals surface area contributed by atoms with Crippen LogP contribution in [0.1, 0.15) is 0 Å². The van der Waals surface area contributed by atoms with Gasteiger partial charge in [0.2, 0.25) is 10.0 Å². The van der Waals surface area contributed by atoms with Crippen LogP contribution in [0.2, 0.25) is 0 Å². The lowest BCUT2D eigenvalue weighted by atomic mass is 10.1. The van der Waals surface area contributed by atoms with Crippen LogP contribution in [-0.4, -0.2) is 69.8 Å². The van der Waals surface area contributed by atoms with E-state index in [9.17, 15) is 13.2 Å². The first kappa shape index (κ1) is 25.0. The molecule has 0 saturated carbocycles. The van der Waals surface area contributed by atoms with Crippen molar-refractivity contribution in [2.75, 3.05) is 62.3 Å². The second kappa shape index (κ2) is 10.4. The number of hydrogen-bond donors (Lipinski definition) is 2. The molecule has 192 valence electrons. The molecule has 0 unspecified atom stereocenters. The van der Waals surface area contributed by atoms with Gasteiger partial charge in [0, 0.05) is 50.5 Å². The predicted molar refractivity (Wildman–Crippen MR) is 148 cm³/mol. The fourth-order valence-electron chi connectivity index (χ4n) is 4.59. The maximum Gasteiger partial charge on any atom is 0.252 e. The van der Waals surface area contributed by atoms with Gasteiger partial charge in [0.25, 0.3) is 5.91 Å². The average Bonchev–Trinajstić information content (AvgIpc) is 3.42. The van der Waals surface area contributed by atoms with Crippen LogP contribution in [0.5, 0.6) is 0 Å². The molecule has 1 fully saturated rings. The topological polar surface area (TPSA) is 99.0 Å². The Kier molecular flexibility index (Phi) is 7.01. The molecule has 2 heterocycles. The highest BCUT2D eigenvalue weighted by Crippen LogP contribution is 2.27. The Morgan fingerprint density at radius 2 is 1.49 bits per heavy atom. The quantitative estimate of drug-likeness (QED) is 0.487. The van der Waals surface area contributed by atoms with Crippen molar-refractivity contribution in [1.29, 1.82) is 0 Å². The molecule has 0 spiro atoms. The minimum atomic E-state index is -3.74. The molecule has 5 rings (SSSR count). The number of sulfonamides is 1. The van der Waals surface area contributed by atoms with Gasteiger partial charge < -0.3 is 20.9 Å². The first-order valence-corrected chi connectivity index (χ1v) is 13.7. The van der Waals surface area contributed by atoms with Crippen molar-refractivity contribution in [1.82, 2.24) is 9.21 Å². The lowest BCUT2D eigenvalue weighted by molar-refractivity contribution is -0.112. The summed E-state index contributed by atoms with van der Waals surface area (Å²) in [5, 5.41) is 2.76. The molecule has 0 bridgehead atoms. The molecular formula is C28H31N5O3S. The van der Waals surface area contributed by atoms with Crippen molar-refractivity contribution in [2.45, 2.75) is 4.90 Å². The molecule has 0 aliphatic carbocycles. The van der Waals surface area contributed by atoms with Gasteiger partial charge >= 0.3 is 0 Å². The van der Waals surface area contributed by atoms with Gasteiger partial charge in [-0.25, -0.2) is 8.42 Å². The molecular weight excluding hydrogens is 486 g/mol. The van der Waals surface area contributed by atoms with E-state index in [1.807, 2.05) is 12.1 Å². The van der Waals surface area contributed by atoms with Crippen molar-refractivity contribution in [3.05, 3.63) is 84.4 Å². The number of carbonyl (C=O) groups is 1. The van der Waals surface area contributed by atoms with E-state index in [-0.39, 0.29) is 23.9 Å². The van der Waals surface area contributed by atoms with Gasteiger partial charge in [-0.1, -0.05) is 42.5 Å². The average molecular weight is 518 g/mol. The second-order valence-electron chi connectivity index (χ2n) is 9.43. The molecule has 3 N–H and O–H groups in total. The number of para-hydroxylation sites is 2. The molecule has 0 radical (unpaired) electrons. The van der Waals surface area contributed by atoms with Gasteiger partial charge in [-0.2, -0.15) is 4.31 Å². The molecule has 37 heavy (non-hydrogen) atoms. The minimum Gasteiger partial charge on any atom is -0.397 e. The van der Waals surface area contributed by atoms with Crippen LogP contribution in [0.4, 0.5) is 17.1 Å². The number of hydrogen-bond acceptors (Lipinski definition) is 6. The Bertz CT molecular complexity index is 1410. The number of nitrogens with two attached hydrogens (primary N) is 1. The molecule has 1 amide bonds. The van der Waals surface area contributed by atoms with E-state index in [4.69, 9.17) is 5.73 Å². The smallest absolute Gasteiger partial charge is 0.252 e. The van der Waals surface area contributed by atoms with E-state index in [0.717, 1.165) is 37.3 Å². The summed E-state index contributed by atoms with van der Waals surface area (Å²) in [6.45, 7) is 4.28. The summed E-state index contributed by atoms with van der Waals surface area (Å²) in [5.74, 6) is -0.356. The second-order valence-corrected chi connectivity index (χ2v) is 11.4. The number of carbonyl (C=O) groups excluding carboxylic acids is 1. The van der Waals surface area contributed by atoms with Crippen LogP contribution in [0.15, 0.2) is 89.3 Å². The van der Waals surface area contributed by atoms with Crippen molar-refractivity contribution >= 4 is 33.0 Å². The van der Waals surface area contributed by atoms with Crippen LogP contribution in [0, 0.1) is 0 Å². The summed E-state index contributed by atoms with van der Waals surface area (Å²) in [7, 11) is -1.60. The van der Waals surface area contributed by atoms with Crippen LogP contribution < -0.4 is 16.0 Å². The standard InChI is InChI=1S/C28H31N5O3S/c1-31-16-18-32(19-17-31)24-10-6-21(7-11-24)22-8-12-25(13-9-22)37(35,36)33-15-14-23(20-33)28(34)30-27-5-3-2-4-26(27)29/h2-14H,15-20,29H2,1H3,(H,30,34). The molecule has 0 aromatic heterocycles. The van der Waals surface area contributed by atoms with Crippen molar-refractivity contribution in [3.8, 4) is 11.1 Å². The van der Waals surface area contributed by atoms with Crippen LogP contribution >= 0.6 is 0 Å². The zero-order chi connectivity index (χ0) is 26.0. The Morgan fingerprint density at radius 3 is 2.14 bits per heavy atom. The van der Waals surface area contributed by atoms with Crippen molar-refractivity contribution in [2.24, 2.45) is 0 Å². The highest BCUT2D eigenvalue weighted by Gasteiger charge is 2.30. The molecule has 3 aromatic rings. The van der Waals surface area contributed by atoms with Crippen molar-refractivity contribution < 1.29 is 13.2 Å². The molecule has 3 aromatic carbocycles. The largest absolute Gasteiger partial charge is 0.397 e. The van der Waals surface area contributed by atoms with Crippen LogP contribution in [-0.2, 0) is 14.8 Å². The molecule has 2 aliphatic rings. The Morgan fingerprint density at radius 1 is 0.865 bits per heavy atom. The molecule has 9 heteroatoms. The Hall–Kier alpha value is -3.66. The Labute approximate surface area is 218 Å². The number of piperazine rings is 1. The summed E-state index contributed by atoms with van der Waals surface area (Å²) >= 11 is 0. The fourth-order valence-corrected chi connectivity index (χ4v) is 5.95. The van der Waals surface area contributed by atoms with Gasteiger partial charge in [-0.15, -0.1) is 0 Å². The van der Waals surface area contributed by atoms with Crippen molar-refractivity contribution in [3.63, 3.8) is 0 Å². The van der Waals surface area contributed by atoms with E-state index < -0.39 is 10.0 Å². The summed E-state index contributed by atoms with van der Waals surface area (Å²) in [6.07, 6.45) is 1.64. The third-order valence-electron chi connectivity index (χ3n) is 6.95. The third-order valence-corrected chi connectivity index (χ3v) is 8.78. The van der Waals surface area contributed by atoms with Gasteiger partial charge in [0.15, 0.2) is 0 Å². The highest BCUT2D eigenvalue weighted by molar-refractivity contribution is 7.89. The number of anilines is 3. The van der Waals surface area contributed by atoms with E-state index >= 15 is 0 Å². The lowest BCUT2D eigenvalue weighted by Gasteiger charge is -2.34. The predicted octanol–water partition coefficient (Wildman–Crippen LogP) is 3.26. The van der Waals surface area contributed by atoms with Crippen LogP contribution in [0.3, 0.4) is 0 Å². The maximum atomic E-state index is 13.2. The maximum absolute atomic E-state index is 13.2. The first-order valence-electron chi connectivity index (χ1n) is 12.3. The number of likely N-dealkylation sites (N-methyl/N-ethyl adjacent to an activating group) is 1. The number of nitrogens with one attached hydrogen (secondary N) is 1.